The molecule has 0 saturated carbocycles. The van der Waals surface area contributed by atoms with E-state index in [1.165, 1.54) is 0 Å². The molecule has 1 aromatic rings. The van der Waals surface area contributed by atoms with Crippen LogP contribution in [0.1, 0.15) is 10.4 Å². The first-order valence-corrected chi connectivity index (χ1v) is 5.97. The van der Waals surface area contributed by atoms with E-state index in [2.05, 4.69) is 0 Å². The molecule has 15 heavy (non-hydrogen) atoms. The fraction of sp³-hybridized carbons (Fsp3) is 0.250. The number of aromatic carboxylic acids is 1. The minimum absolute atomic E-state index is 0.127. The van der Waals surface area contributed by atoms with E-state index in [4.69, 9.17) is 5.11 Å². The van der Waals surface area contributed by atoms with Crippen LogP contribution < -0.4 is 5.56 Å². The van der Waals surface area contributed by atoms with Crippen LogP contribution in [0.2, 0.25) is 0 Å². The zero-order valence-corrected chi connectivity index (χ0v) is 8.69. The summed E-state index contributed by atoms with van der Waals surface area (Å²) in [5, 5.41) is 8.63. The van der Waals surface area contributed by atoms with Crippen molar-refractivity contribution >= 4 is 15.8 Å². The van der Waals surface area contributed by atoms with E-state index in [9.17, 15) is 18.0 Å². The largest absolute Gasteiger partial charge is 0.478 e. The standard InChI is InChI=1S/C8H9NO5S/c1-15(13,14)5-9-4-6(8(11)12)2-3-7(9)10/h2-4H,5H2,1H3,(H,11,12). The Hall–Kier alpha value is -1.63. The number of rotatable bonds is 3. The molecule has 6 nitrogen and oxygen atoms in total. The predicted molar refractivity (Wildman–Crippen MR) is 52.5 cm³/mol. The second-order valence-electron chi connectivity index (χ2n) is 3.09. The minimum atomic E-state index is -3.37. The lowest BCUT2D eigenvalue weighted by atomic mass is 10.3. The maximum absolute atomic E-state index is 11.2. The van der Waals surface area contributed by atoms with Crippen LogP contribution in [0, 0.1) is 0 Å². The van der Waals surface area contributed by atoms with Gasteiger partial charge in [-0.1, -0.05) is 0 Å². The molecule has 0 saturated heterocycles. The van der Waals surface area contributed by atoms with Crippen molar-refractivity contribution in [1.82, 2.24) is 4.57 Å². The molecule has 0 spiro atoms. The van der Waals surface area contributed by atoms with Gasteiger partial charge in [0.1, 0.15) is 5.88 Å². The zero-order valence-electron chi connectivity index (χ0n) is 7.87. The molecule has 0 aromatic carbocycles. The second-order valence-corrected chi connectivity index (χ2v) is 5.20. The van der Waals surface area contributed by atoms with Crippen molar-refractivity contribution in [1.29, 1.82) is 0 Å². The van der Waals surface area contributed by atoms with Gasteiger partial charge in [-0.3, -0.25) is 9.36 Å². The van der Waals surface area contributed by atoms with Crippen LogP contribution in [0.3, 0.4) is 0 Å². The maximum atomic E-state index is 11.2. The molecule has 0 aliphatic heterocycles. The van der Waals surface area contributed by atoms with Crippen molar-refractivity contribution in [2.24, 2.45) is 0 Å². The maximum Gasteiger partial charge on any atom is 0.337 e. The highest BCUT2D eigenvalue weighted by Gasteiger charge is 2.09. The molecule has 82 valence electrons. The summed E-state index contributed by atoms with van der Waals surface area (Å²) in [4.78, 5) is 21.7. The first-order chi connectivity index (χ1) is 6.79. The van der Waals surface area contributed by atoms with Crippen LogP contribution >= 0.6 is 0 Å². The van der Waals surface area contributed by atoms with Gasteiger partial charge in [-0.25, -0.2) is 13.2 Å². The molecule has 0 fully saturated rings. The van der Waals surface area contributed by atoms with Gasteiger partial charge in [-0.15, -0.1) is 0 Å². The second kappa shape index (κ2) is 3.85. The number of carbonyl (C=O) groups is 1. The van der Waals surface area contributed by atoms with E-state index in [1.54, 1.807) is 0 Å². The first kappa shape index (κ1) is 11.4. The molecular formula is C8H9NO5S. The Morgan fingerprint density at radius 1 is 1.47 bits per heavy atom. The molecule has 0 radical (unpaired) electrons. The third-order valence-electron chi connectivity index (χ3n) is 1.60. The van der Waals surface area contributed by atoms with Gasteiger partial charge in [-0.2, -0.15) is 0 Å². The molecule has 0 amide bonds. The highest BCUT2D eigenvalue weighted by Crippen LogP contribution is 1.97. The molecule has 1 heterocycles. The van der Waals surface area contributed by atoms with Crippen molar-refractivity contribution in [2.45, 2.75) is 5.88 Å². The van der Waals surface area contributed by atoms with Gasteiger partial charge in [0.25, 0.3) is 5.56 Å². The van der Waals surface area contributed by atoms with Crippen molar-refractivity contribution in [3.8, 4) is 0 Å². The average molecular weight is 231 g/mol. The number of carboxylic acids is 1. The number of aromatic nitrogens is 1. The summed E-state index contributed by atoms with van der Waals surface area (Å²) < 4.78 is 22.7. The Morgan fingerprint density at radius 2 is 2.07 bits per heavy atom. The number of nitrogens with zero attached hydrogens (tertiary/aromatic N) is 1. The van der Waals surface area contributed by atoms with E-state index in [1.807, 2.05) is 0 Å². The number of hydrogen-bond donors (Lipinski definition) is 1. The summed E-state index contributed by atoms with van der Waals surface area (Å²) >= 11 is 0. The van der Waals surface area contributed by atoms with Gasteiger partial charge < -0.3 is 5.11 Å². The molecule has 1 rings (SSSR count). The van der Waals surface area contributed by atoms with Gasteiger partial charge in [0, 0.05) is 18.5 Å². The van der Waals surface area contributed by atoms with Crippen LogP contribution in [0.4, 0.5) is 0 Å². The summed E-state index contributed by atoms with van der Waals surface area (Å²) in [5.74, 6) is -1.73. The molecule has 0 unspecified atom stereocenters. The molecule has 1 aromatic heterocycles. The summed E-state index contributed by atoms with van der Waals surface area (Å²) in [6.45, 7) is 0. The van der Waals surface area contributed by atoms with Crippen molar-refractivity contribution in [3.05, 3.63) is 34.2 Å². The number of sulfone groups is 1. The summed E-state index contributed by atoms with van der Waals surface area (Å²) in [6.07, 6.45) is 1.97. The Bertz CT molecular complexity index is 542. The molecule has 0 aliphatic carbocycles. The van der Waals surface area contributed by atoms with Crippen LogP contribution in [-0.4, -0.2) is 30.3 Å². The fourth-order valence-electron chi connectivity index (χ4n) is 1.01. The van der Waals surface area contributed by atoms with Gasteiger partial charge in [0.2, 0.25) is 0 Å². The quantitative estimate of drug-likeness (QED) is 0.760. The van der Waals surface area contributed by atoms with Gasteiger partial charge >= 0.3 is 5.97 Å². The SMILES string of the molecule is CS(=O)(=O)Cn1cc(C(=O)O)ccc1=O. The fourth-order valence-corrected chi connectivity index (χ4v) is 1.72. The topological polar surface area (TPSA) is 93.4 Å². The smallest absolute Gasteiger partial charge is 0.337 e. The van der Waals surface area contributed by atoms with Crippen molar-refractivity contribution < 1.29 is 18.3 Å². The van der Waals surface area contributed by atoms with Crippen LogP contribution in [-0.2, 0) is 15.7 Å². The average Bonchev–Trinajstić information content (AvgIpc) is 2.06. The number of pyridine rings is 1. The van der Waals surface area contributed by atoms with Gasteiger partial charge in [0.05, 0.1) is 5.56 Å². The normalized spacial score (nSPS) is 11.3. The Balaban J connectivity index is 3.23. The van der Waals surface area contributed by atoms with Crippen LogP contribution in [0.15, 0.2) is 23.1 Å². The van der Waals surface area contributed by atoms with Gasteiger partial charge in [-0.05, 0) is 6.07 Å². The monoisotopic (exact) mass is 231 g/mol. The van der Waals surface area contributed by atoms with E-state index >= 15 is 0 Å². The Kier molecular flexibility index (Phi) is 2.94. The Labute approximate surface area is 85.7 Å². The molecule has 1 N–H and O–H groups in total. The third-order valence-corrected chi connectivity index (χ3v) is 2.35. The molecular weight excluding hydrogens is 222 g/mol. The molecule has 0 aliphatic rings. The van der Waals surface area contributed by atoms with E-state index in [-0.39, 0.29) is 5.56 Å². The minimum Gasteiger partial charge on any atom is -0.478 e. The van der Waals surface area contributed by atoms with Crippen LogP contribution in [0.25, 0.3) is 0 Å². The molecule has 0 atom stereocenters. The van der Waals surface area contributed by atoms with Gasteiger partial charge in [0.15, 0.2) is 9.84 Å². The van der Waals surface area contributed by atoms with E-state index < -0.39 is 27.2 Å². The summed E-state index contributed by atoms with van der Waals surface area (Å²) in [5.41, 5.74) is -0.677. The van der Waals surface area contributed by atoms with Crippen LogP contribution in [0.5, 0.6) is 0 Å². The highest BCUT2D eigenvalue weighted by atomic mass is 32.2. The lowest BCUT2D eigenvalue weighted by Gasteiger charge is -2.04. The van der Waals surface area contributed by atoms with E-state index in [0.717, 1.165) is 29.2 Å². The first-order valence-electron chi connectivity index (χ1n) is 3.91. The highest BCUT2D eigenvalue weighted by molar-refractivity contribution is 7.89. The molecule has 7 heteroatoms. The van der Waals surface area contributed by atoms with Crippen molar-refractivity contribution in [3.63, 3.8) is 0 Å². The molecule has 0 bridgehead atoms. The summed E-state index contributed by atoms with van der Waals surface area (Å²) in [7, 11) is -3.37. The third kappa shape index (κ3) is 3.21. The lowest BCUT2D eigenvalue weighted by molar-refractivity contribution is 0.0696. The van der Waals surface area contributed by atoms with E-state index in [0.29, 0.717) is 0 Å². The predicted octanol–water partition coefficient (Wildman–Crippen LogP) is -0.451. The lowest BCUT2D eigenvalue weighted by Crippen LogP contribution is -2.23. The Morgan fingerprint density at radius 3 is 2.53 bits per heavy atom. The van der Waals surface area contributed by atoms with Crippen molar-refractivity contribution in [2.75, 3.05) is 6.26 Å². The zero-order chi connectivity index (χ0) is 11.6. The number of hydrogen-bond acceptors (Lipinski definition) is 4. The number of carboxylic acid groups (broad SMARTS) is 1. The summed E-state index contributed by atoms with van der Waals surface area (Å²) in [6, 6.07) is 2.15.